The normalized spacial score (nSPS) is 8.80. The number of carboxylic acid groups (broad SMARTS) is 1. The van der Waals surface area contributed by atoms with Gasteiger partial charge in [-0.15, -0.1) is 0 Å². The van der Waals surface area contributed by atoms with Crippen LogP contribution in [0, 0.1) is 11.8 Å². The summed E-state index contributed by atoms with van der Waals surface area (Å²) in [6, 6.07) is 3.86. The van der Waals surface area contributed by atoms with E-state index in [0.29, 0.717) is 11.8 Å². The van der Waals surface area contributed by atoms with E-state index in [1.165, 1.54) is 12.1 Å². The molecule has 0 aliphatic rings. The van der Waals surface area contributed by atoms with Crippen LogP contribution in [0.5, 0.6) is 5.75 Å². The summed E-state index contributed by atoms with van der Waals surface area (Å²) in [5, 5.41) is 18.0. The first kappa shape index (κ1) is 10.8. The van der Waals surface area contributed by atoms with Gasteiger partial charge in [-0.1, -0.05) is 11.8 Å². The van der Waals surface area contributed by atoms with Gasteiger partial charge in [0.05, 0.1) is 17.5 Å². The molecule has 15 heavy (non-hydrogen) atoms. The Balaban J connectivity index is 2.99. The Morgan fingerprint density at radius 3 is 2.73 bits per heavy atom. The molecule has 76 valence electrons. The van der Waals surface area contributed by atoms with Crippen molar-refractivity contribution in [1.29, 1.82) is 0 Å². The number of aromatic carboxylic acids is 1. The number of hydrogen-bond acceptors (Lipinski definition) is 3. The Kier molecular flexibility index (Phi) is 3.47. The fourth-order valence-corrected chi connectivity index (χ4v) is 0.958. The summed E-state index contributed by atoms with van der Waals surface area (Å²) in [6.07, 6.45) is 0.732. The van der Waals surface area contributed by atoms with Gasteiger partial charge in [0, 0.05) is 0 Å². The van der Waals surface area contributed by atoms with Gasteiger partial charge in [-0.05, 0) is 18.2 Å². The first-order valence-corrected chi connectivity index (χ1v) is 4.14. The van der Waals surface area contributed by atoms with Crippen molar-refractivity contribution in [3.8, 4) is 17.6 Å². The summed E-state index contributed by atoms with van der Waals surface area (Å²) in [5.74, 6) is 3.76. The van der Waals surface area contributed by atoms with E-state index in [0.717, 1.165) is 6.07 Å². The second-order valence-electron chi connectivity index (χ2n) is 2.71. The van der Waals surface area contributed by atoms with Crippen molar-refractivity contribution in [2.24, 2.45) is 0 Å². The zero-order chi connectivity index (χ0) is 11.3. The number of aromatic hydroxyl groups is 1. The molecule has 0 aliphatic heterocycles. The van der Waals surface area contributed by atoms with Gasteiger partial charge in [-0.2, -0.15) is 0 Å². The fraction of sp³-hybridized carbons (Fsp3) is 0.0909. The number of carbonyl (C=O) groups is 2. The van der Waals surface area contributed by atoms with Crippen LogP contribution in [0.1, 0.15) is 22.3 Å². The monoisotopic (exact) mass is 204 g/mol. The Labute approximate surface area is 86.2 Å². The molecule has 4 heteroatoms. The van der Waals surface area contributed by atoms with Gasteiger partial charge >= 0.3 is 5.97 Å². The number of aldehydes is 1. The Morgan fingerprint density at radius 1 is 1.47 bits per heavy atom. The number of phenols is 1. The maximum atomic E-state index is 10.5. The van der Waals surface area contributed by atoms with Gasteiger partial charge in [0.2, 0.25) is 0 Å². The molecule has 1 aromatic carbocycles. The van der Waals surface area contributed by atoms with Crippen molar-refractivity contribution in [1.82, 2.24) is 0 Å². The highest BCUT2D eigenvalue weighted by atomic mass is 16.4. The van der Waals surface area contributed by atoms with Crippen molar-refractivity contribution in [3.63, 3.8) is 0 Å². The third-order valence-corrected chi connectivity index (χ3v) is 1.65. The standard InChI is InChI=1S/C11H8O4/c12-6-2-1-3-8-4-5-9(11(14)15)7-10(8)13/h4-7,13H,2H2,(H,14,15). The van der Waals surface area contributed by atoms with Crippen LogP contribution >= 0.6 is 0 Å². The van der Waals surface area contributed by atoms with E-state index in [1.807, 2.05) is 0 Å². The van der Waals surface area contributed by atoms with E-state index in [-0.39, 0.29) is 17.7 Å². The third kappa shape index (κ3) is 2.85. The maximum absolute atomic E-state index is 10.5. The van der Waals surface area contributed by atoms with Crippen LogP contribution in [-0.4, -0.2) is 22.5 Å². The van der Waals surface area contributed by atoms with Crippen LogP contribution in [0.15, 0.2) is 18.2 Å². The molecule has 0 radical (unpaired) electrons. The molecular formula is C11H8O4. The maximum Gasteiger partial charge on any atom is 0.335 e. The van der Waals surface area contributed by atoms with Crippen LogP contribution in [-0.2, 0) is 4.79 Å². The highest BCUT2D eigenvalue weighted by Crippen LogP contribution is 2.17. The average molecular weight is 204 g/mol. The van der Waals surface area contributed by atoms with E-state index >= 15 is 0 Å². The third-order valence-electron chi connectivity index (χ3n) is 1.65. The van der Waals surface area contributed by atoms with Crippen molar-refractivity contribution in [2.45, 2.75) is 6.42 Å². The number of rotatable bonds is 2. The lowest BCUT2D eigenvalue weighted by atomic mass is 10.1. The molecule has 0 fully saturated rings. The predicted octanol–water partition coefficient (Wildman–Crippen LogP) is 1.03. The summed E-state index contributed by atoms with van der Waals surface area (Å²) < 4.78 is 0. The molecular weight excluding hydrogens is 196 g/mol. The summed E-state index contributed by atoms with van der Waals surface area (Å²) in [5.41, 5.74) is 0.301. The lowest BCUT2D eigenvalue weighted by Crippen LogP contribution is -1.95. The van der Waals surface area contributed by atoms with Crippen LogP contribution in [0.3, 0.4) is 0 Å². The second kappa shape index (κ2) is 4.82. The van der Waals surface area contributed by atoms with Gasteiger partial charge in [-0.3, -0.25) is 0 Å². The zero-order valence-corrected chi connectivity index (χ0v) is 7.73. The molecule has 0 spiro atoms. The second-order valence-corrected chi connectivity index (χ2v) is 2.71. The van der Waals surface area contributed by atoms with Crippen LogP contribution in [0.2, 0.25) is 0 Å². The Hall–Kier alpha value is -2.28. The number of hydrogen-bond donors (Lipinski definition) is 2. The van der Waals surface area contributed by atoms with Crippen molar-refractivity contribution in [3.05, 3.63) is 29.3 Å². The van der Waals surface area contributed by atoms with E-state index in [9.17, 15) is 14.7 Å². The zero-order valence-electron chi connectivity index (χ0n) is 7.73. The lowest BCUT2D eigenvalue weighted by Gasteiger charge is -1.98. The molecule has 0 aliphatic carbocycles. The van der Waals surface area contributed by atoms with E-state index < -0.39 is 5.97 Å². The quantitative estimate of drug-likeness (QED) is 0.557. The Morgan fingerprint density at radius 2 is 2.20 bits per heavy atom. The summed E-state index contributed by atoms with van der Waals surface area (Å²) in [4.78, 5) is 20.5. The number of carboxylic acids is 1. The SMILES string of the molecule is O=CCC#Cc1ccc(C(=O)O)cc1O. The lowest BCUT2D eigenvalue weighted by molar-refractivity contribution is -0.107. The topological polar surface area (TPSA) is 74.6 Å². The largest absolute Gasteiger partial charge is 0.507 e. The highest BCUT2D eigenvalue weighted by Gasteiger charge is 2.05. The van der Waals surface area contributed by atoms with Crippen LogP contribution in [0.25, 0.3) is 0 Å². The van der Waals surface area contributed by atoms with Gasteiger partial charge in [0.1, 0.15) is 12.0 Å². The van der Waals surface area contributed by atoms with E-state index in [4.69, 9.17) is 5.11 Å². The average Bonchev–Trinajstić information content (AvgIpc) is 2.20. The number of phenolic OH excluding ortho intramolecular Hbond substituents is 1. The van der Waals surface area contributed by atoms with Crippen LogP contribution < -0.4 is 0 Å². The van der Waals surface area contributed by atoms with E-state index in [1.54, 1.807) is 0 Å². The van der Waals surface area contributed by atoms with Gasteiger partial charge < -0.3 is 15.0 Å². The minimum atomic E-state index is -1.11. The van der Waals surface area contributed by atoms with Gasteiger partial charge in [-0.25, -0.2) is 4.79 Å². The minimum Gasteiger partial charge on any atom is -0.507 e. The molecule has 0 amide bonds. The smallest absolute Gasteiger partial charge is 0.335 e. The number of benzene rings is 1. The molecule has 0 saturated carbocycles. The summed E-state index contributed by atoms with van der Waals surface area (Å²) >= 11 is 0. The summed E-state index contributed by atoms with van der Waals surface area (Å²) in [6.45, 7) is 0. The summed E-state index contributed by atoms with van der Waals surface area (Å²) in [7, 11) is 0. The van der Waals surface area contributed by atoms with E-state index in [2.05, 4.69) is 11.8 Å². The molecule has 0 bridgehead atoms. The molecule has 2 N–H and O–H groups in total. The Bertz CT molecular complexity index is 451. The minimum absolute atomic E-state index is 0.00608. The van der Waals surface area contributed by atoms with Crippen LogP contribution in [0.4, 0.5) is 0 Å². The molecule has 0 aromatic heterocycles. The fourth-order valence-electron chi connectivity index (χ4n) is 0.958. The van der Waals surface area contributed by atoms with Crippen molar-refractivity contribution < 1.29 is 19.8 Å². The first-order valence-electron chi connectivity index (χ1n) is 4.14. The molecule has 0 heterocycles. The van der Waals surface area contributed by atoms with Crippen molar-refractivity contribution >= 4 is 12.3 Å². The van der Waals surface area contributed by atoms with Crippen molar-refractivity contribution in [2.75, 3.05) is 0 Å². The highest BCUT2D eigenvalue weighted by molar-refractivity contribution is 5.88. The van der Waals surface area contributed by atoms with Gasteiger partial charge in [0.25, 0.3) is 0 Å². The molecule has 0 unspecified atom stereocenters. The molecule has 0 saturated heterocycles. The first-order chi connectivity index (χ1) is 7.15. The molecule has 0 atom stereocenters. The molecule has 4 nitrogen and oxygen atoms in total. The number of carbonyl (C=O) groups excluding carboxylic acids is 1. The molecule has 1 aromatic rings. The molecule has 1 rings (SSSR count). The van der Waals surface area contributed by atoms with Gasteiger partial charge in [0.15, 0.2) is 0 Å². The predicted molar refractivity (Wildman–Crippen MR) is 52.6 cm³/mol.